The van der Waals surface area contributed by atoms with Gasteiger partial charge in [0.05, 0.1) is 18.3 Å². The molecule has 0 aliphatic heterocycles. The van der Waals surface area contributed by atoms with E-state index in [0.717, 1.165) is 18.5 Å². The van der Waals surface area contributed by atoms with E-state index in [1.165, 1.54) is 0 Å². The average molecular weight is 242 g/mol. The molecule has 0 amide bonds. The van der Waals surface area contributed by atoms with Gasteiger partial charge in [-0.1, -0.05) is 13.8 Å². The highest BCUT2D eigenvalue weighted by Gasteiger charge is 2.08. The van der Waals surface area contributed by atoms with Gasteiger partial charge in [-0.3, -0.25) is 4.68 Å². The smallest absolute Gasteiger partial charge is 0.120 e. The lowest BCUT2D eigenvalue weighted by Crippen LogP contribution is -2.09. The Hall–Kier alpha value is -2.02. The summed E-state index contributed by atoms with van der Waals surface area (Å²) >= 11 is 0. The van der Waals surface area contributed by atoms with E-state index < -0.39 is 0 Å². The first kappa shape index (κ1) is 12.4. The van der Waals surface area contributed by atoms with Crippen LogP contribution < -0.4 is 0 Å². The van der Waals surface area contributed by atoms with Crippen LogP contribution in [0.25, 0.3) is 0 Å². The zero-order chi connectivity index (χ0) is 13.0. The number of nitriles is 1. The molecule has 0 fully saturated rings. The molecular formula is C14H18N4. The minimum absolute atomic E-state index is 0.471. The normalized spacial score (nSPS) is 10.8. The third-order valence-electron chi connectivity index (χ3n) is 3.26. The van der Waals surface area contributed by atoms with E-state index in [9.17, 15) is 0 Å². The zero-order valence-electron chi connectivity index (χ0n) is 10.9. The van der Waals surface area contributed by atoms with Crippen molar-refractivity contribution in [1.29, 1.82) is 5.26 Å². The van der Waals surface area contributed by atoms with E-state index in [-0.39, 0.29) is 0 Å². The Morgan fingerprint density at radius 3 is 2.72 bits per heavy atom. The second-order valence-electron chi connectivity index (χ2n) is 4.39. The molecule has 18 heavy (non-hydrogen) atoms. The molecule has 2 heterocycles. The maximum Gasteiger partial charge on any atom is 0.120 e. The molecule has 0 aliphatic rings. The van der Waals surface area contributed by atoms with Crippen LogP contribution in [0.2, 0.25) is 0 Å². The van der Waals surface area contributed by atoms with Crippen molar-refractivity contribution in [1.82, 2.24) is 14.3 Å². The van der Waals surface area contributed by atoms with Crippen molar-refractivity contribution < 1.29 is 0 Å². The van der Waals surface area contributed by atoms with Crippen LogP contribution in [0.5, 0.6) is 0 Å². The standard InChI is InChI=1S/C14H18N4/c1-3-13(4-2)18-9-7-12(16-18)11-17-8-5-6-14(17)10-15/h5-9,13H,3-4,11H2,1-2H3. The molecule has 2 aromatic rings. The van der Waals surface area contributed by atoms with Crippen LogP contribution in [0, 0.1) is 11.3 Å². The Kier molecular flexibility index (Phi) is 3.83. The first-order chi connectivity index (χ1) is 8.78. The number of aromatic nitrogens is 3. The van der Waals surface area contributed by atoms with Gasteiger partial charge in [0.2, 0.25) is 0 Å². The number of rotatable bonds is 5. The molecule has 94 valence electrons. The van der Waals surface area contributed by atoms with E-state index in [1.54, 1.807) is 0 Å². The minimum atomic E-state index is 0.471. The fourth-order valence-corrected chi connectivity index (χ4v) is 2.16. The molecule has 4 nitrogen and oxygen atoms in total. The van der Waals surface area contributed by atoms with E-state index >= 15 is 0 Å². The molecule has 0 aromatic carbocycles. The van der Waals surface area contributed by atoms with Crippen molar-refractivity contribution in [2.75, 3.05) is 0 Å². The summed E-state index contributed by atoms with van der Waals surface area (Å²) in [6.45, 7) is 5.01. The van der Waals surface area contributed by atoms with Crippen molar-refractivity contribution in [3.05, 3.63) is 42.0 Å². The van der Waals surface area contributed by atoms with Crippen LogP contribution in [-0.4, -0.2) is 14.3 Å². The van der Waals surface area contributed by atoms with E-state index in [0.29, 0.717) is 18.3 Å². The van der Waals surface area contributed by atoms with Gasteiger partial charge >= 0.3 is 0 Å². The molecule has 0 atom stereocenters. The summed E-state index contributed by atoms with van der Waals surface area (Å²) < 4.78 is 3.95. The Morgan fingerprint density at radius 2 is 2.06 bits per heavy atom. The highest BCUT2D eigenvalue weighted by Crippen LogP contribution is 2.15. The van der Waals surface area contributed by atoms with Gasteiger partial charge < -0.3 is 4.57 Å². The summed E-state index contributed by atoms with van der Waals surface area (Å²) in [7, 11) is 0. The van der Waals surface area contributed by atoms with Crippen molar-refractivity contribution in [3.8, 4) is 6.07 Å². The fraction of sp³-hybridized carbons (Fsp3) is 0.429. The largest absolute Gasteiger partial charge is 0.333 e. The van der Waals surface area contributed by atoms with Gasteiger partial charge in [0.15, 0.2) is 0 Å². The molecule has 2 aromatic heterocycles. The van der Waals surface area contributed by atoms with E-state index in [1.807, 2.05) is 39.8 Å². The molecule has 0 spiro atoms. The number of hydrogen-bond donors (Lipinski definition) is 0. The fourth-order valence-electron chi connectivity index (χ4n) is 2.16. The molecule has 0 radical (unpaired) electrons. The predicted octanol–water partition coefficient (Wildman–Crippen LogP) is 2.97. The lowest BCUT2D eigenvalue weighted by molar-refractivity contribution is 0.424. The van der Waals surface area contributed by atoms with Crippen LogP contribution in [0.1, 0.15) is 44.1 Å². The predicted molar refractivity (Wildman–Crippen MR) is 70.1 cm³/mol. The van der Waals surface area contributed by atoms with Crippen LogP contribution in [0.3, 0.4) is 0 Å². The third-order valence-corrected chi connectivity index (χ3v) is 3.26. The quantitative estimate of drug-likeness (QED) is 0.809. The maximum atomic E-state index is 8.96. The highest BCUT2D eigenvalue weighted by atomic mass is 15.3. The van der Waals surface area contributed by atoms with Gasteiger partial charge in [-0.05, 0) is 31.0 Å². The number of nitrogens with zero attached hydrogens (tertiary/aromatic N) is 4. The van der Waals surface area contributed by atoms with Gasteiger partial charge in [-0.2, -0.15) is 10.4 Å². The van der Waals surface area contributed by atoms with Gasteiger partial charge in [0, 0.05) is 12.4 Å². The Bertz CT molecular complexity index is 540. The SMILES string of the molecule is CCC(CC)n1ccc(Cn2cccc2C#N)n1. The van der Waals surface area contributed by atoms with Gasteiger partial charge in [-0.25, -0.2) is 0 Å². The second-order valence-corrected chi connectivity index (χ2v) is 4.39. The Labute approximate surface area is 107 Å². The summed E-state index contributed by atoms with van der Waals surface area (Å²) in [4.78, 5) is 0. The van der Waals surface area contributed by atoms with Gasteiger partial charge in [0.1, 0.15) is 11.8 Å². The van der Waals surface area contributed by atoms with Crippen molar-refractivity contribution in [3.63, 3.8) is 0 Å². The molecule has 0 bridgehead atoms. The molecule has 0 aliphatic carbocycles. The van der Waals surface area contributed by atoms with Crippen molar-refractivity contribution in [2.24, 2.45) is 0 Å². The zero-order valence-corrected chi connectivity index (χ0v) is 10.9. The Morgan fingerprint density at radius 1 is 1.28 bits per heavy atom. The summed E-state index contributed by atoms with van der Waals surface area (Å²) in [5.74, 6) is 0. The molecule has 0 saturated carbocycles. The first-order valence-electron chi connectivity index (χ1n) is 6.37. The van der Waals surface area contributed by atoms with Crippen LogP contribution in [-0.2, 0) is 6.54 Å². The average Bonchev–Trinajstić information content (AvgIpc) is 3.01. The molecule has 0 unspecified atom stereocenters. The van der Waals surface area contributed by atoms with E-state index in [4.69, 9.17) is 5.26 Å². The topological polar surface area (TPSA) is 46.5 Å². The molecule has 2 rings (SSSR count). The number of hydrogen-bond acceptors (Lipinski definition) is 2. The summed E-state index contributed by atoms with van der Waals surface area (Å²) in [6, 6.07) is 8.38. The van der Waals surface area contributed by atoms with Gasteiger partial charge in [-0.15, -0.1) is 0 Å². The molecule has 4 heteroatoms. The summed E-state index contributed by atoms with van der Waals surface area (Å²) in [5, 5.41) is 13.5. The second kappa shape index (κ2) is 5.54. The van der Waals surface area contributed by atoms with Crippen molar-refractivity contribution >= 4 is 0 Å². The van der Waals surface area contributed by atoms with E-state index in [2.05, 4.69) is 25.0 Å². The van der Waals surface area contributed by atoms with Gasteiger partial charge in [0.25, 0.3) is 0 Å². The minimum Gasteiger partial charge on any atom is -0.333 e. The summed E-state index contributed by atoms with van der Waals surface area (Å²) in [5.41, 5.74) is 1.67. The lowest BCUT2D eigenvalue weighted by Gasteiger charge is -2.12. The van der Waals surface area contributed by atoms with Crippen molar-refractivity contribution in [2.45, 2.75) is 39.3 Å². The lowest BCUT2D eigenvalue weighted by atomic mass is 10.2. The van der Waals surface area contributed by atoms with Crippen LogP contribution in [0.4, 0.5) is 0 Å². The first-order valence-corrected chi connectivity index (χ1v) is 6.37. The highest BCUT2D eigenvalue weighted by molar-refractivity contribution is 5.23. The molecule has 0 N–H and O–H groups in total. The summed E-state index contributed by atoms with van der Waals surface area (Å²) in [6.07, 6.45) is 6.12. The monoisotopic (exact) mass is 242 g/mol. The molecule has 0 saturated heterocycles. The van der Waals surface area contributed by atoms with Crippen LogP contribution in [0.15, 0.2) is 30.6 Å². The van der Waals surface area contributed by atoms with Crippen LogP contribution >= 0.6 is 0 Å². The molecular weight excluding hydrogens is 224 g/mol. The Balaban J connectivity index is 2.14. The third kappa shape index (κ3) is 2.45. The maximum absolute atomic E-state index is 8.96.